The number of carbonyl (C=O) groups is 1. The summed E-state index contributed by atoms with van der Waals surface area (Å²) in [5.74, 6) is 0.416. The van der Waals surface area contributed by atoms with Crippen molar-refractivity contribution in [2.24, 2.45) is 0 Å². The molecular formula is C24H25NO3. The third kappa shape index (κ3) is 4.92. The predicted molar refractivity (Wildman–Crippen MR) is 113 cm³/mol. The van der Waals surface area contributed by atoms with Crippen molar-refractivity contribution in [1.82, 2.24) is 0 Å². The minimum atomic E-state index is -0.563. The number of nitrogens with one attached hydrogen (secondary N) is 1. The van der Waals surface area contributed by atoms with Gasteiger partial charge in [0.25, 0.3) is 0 Å². The number of hydrogen-bond donors (Lipinski definition) is 1. The molecule has 0 aliphatic carbocycles. The van der Waals surface area contributed by atoms with Crippen LogP contribution in [-0.2, 0) is 4.74 Å². The summed E-state index contributed by atoms with van der Waals surface area (Å²) in [6.45, 7) is 5.58. The van der Waals surface area contributed by atoms with Gasteiger partial charge in [-0.2, -0.15) is 0 Å². The fourth-order valence-corrected chi connectivity index (χ4v) is 2.80. The van der Waals surface area contributed by atoms with Crippen molar-refractivity contribution < 1.29 is 14.3 Å². The summed E-state index contributed by atoms with van der Waals surface area (Å²) in [6.07, 6.45) is 0. The highest BCUT2D eigenvalue weighted by Crippen LogP contribution is 2.30. The first-order valence-corrected chi connectivity index (χ1v) is 9.19. The molecule has 144 valence electrons. The van der Waals surface area contributed by atoms with Gasteiger partial charge in [0.15, 0.2) is 0 Å². The molecule has 3 aromatic carbocycles. The monoisotopic (exact) mass is 375 g/mol. The Labute approximate surface area is 166 Å². The zero-order valence-electron chi connectivity index (χ0n) is 16.7. The average molecular weight is 375 g/mol. The number of hydrogen-bond acceptors (Lipinski definition) is 4. The van der Waals surface area contributed by atoms with Crippen molar-refractivity contribution in [2.75, 3.05) is 12.4 Å². The quantitative estimate of drug-likeness (QED) is 0.551. The smallest absolute Gasteiger partial charge is 0.340 e. The van der Waals surface area contributed by atoms with Crippen LogP contribution in [0.3, 0.4) is 0 Å². The van der Waals surface area contributed by atoms with Crippen LogP contribution in [-0.4, -0.2) is 18.7 Å². The number of esters is 1. The van der Waals surface area contributed by atoms with Crippen molar-refractivity contribution in [2.45, 2.75) is 26.4 Å². The van der Waals surface area contributed by atoms with Gasteiger partial charge in [-0.1, -0.05) is 36.4 Å². The van der Waals surface area contributed by atoms with E-state index in [-0.39, 0.29) is 5.97 Å². The third-order valence-corrected chi connectivity index (χ3v) is 4.11. The number of ether oxygens (including phenoxy) is 2. The largest absolute Gasteiger partial charge is 0.497 e. The molecular weight excluding hydrogens is 350 g/mol. The van der Waals surface area contributed by atoms with E-state index in [1.807, 2.05) is 93.6 Å². The predicted octanol–water partition coefficient (Wildman–Crippen LogP) is 6.06. The summed E-state index contributed by atoms with van der Waals surface area (Å²) in [7, 11) is 1.63. The van der Waals surface area contributed by atoms with Gasteiger partial charge in [-0.05, 0) is 68.3 Å². The molecule has 4 nitrogen and oxygen atoms in total. The van der Waals surface area contributed by atoms with Gasteiger partial charge in [0, 0.05) is 5.69 Å². The highest BCUT2D eigenvalue weighted by Gasteiger charge is 2.21. The van der Waals surface area contributed by atoms with Crippen LogP contribution in [0.25, 0.3) is 11.1 Å². The Hall–Kier alpha value is -3.27. The molecule has 0 bridgehead atoms. The summed E-state index contributed by atoms with van der Waals surface area (Å²) in [6, 6.07) is 23.3. The Balaban J connectivity index is 1.99. The van der Waals surface area contributed by atoms with Crippen molar-refractivity contribution in [3.63, 3.8) is 0 Å². The number of methoxy groups -OCH3 is 1. The lowest BCUT2D eigenvalue weighted by molar-refractivity contribution is 0.00708. The van der Waals surface area contributed by atoms with E-state index in [9.17, 15) is 4.79 Å². The molecule has 3 aromatic rings. The first kappa shape index (κ1) is 19.5. The lowest BCUT2D eigenvalue weighted by Gasteiger charge is -2.21. The van der Waals surface area contributed by atoms with Crippen LogP contribution in [0.15, 0.2) is 72.8 Å². The molecule has 0 amide bonds. The van der Waals surface area contributed by atoms with Crippen molar-refractivity contribution >= 4 is 17.3 Å². The van der Waals surface area contributed by atoms with E-state index in [0.29, 0.717) is 11.3 Å². The van der Waals surface area contributed by atoms with Crippen LogP contribution < -0.4 is 10.1 Å². The topological polar surface area (TPSA) is 47.6 Å². The Kier molecular flexibility index (Phi) is 5.69. The highest BCUT2D eigenvalue weighted by molar-refractivity contribution is 5.98. The first-order chi connectivity index (χ1) is 13.4. The van der Waals surface area contributed by atoms with E-state index < -0.39 is 5.60 Å². The molecule has 0 heterocycles. The van der Waals surface area contributed by atoms with Gasteiger partial charge < -0.3 is 14.8 Å². The summed E-state index contributed by atoms with van der Waals surface area (Å²) < 4.78 is 10.8. The molecule has 4 heteroatoms. The van der Waals surface area contributed by atoms with E-state index in [1.165, 1.54) is 0 Å². The molecule has 0 saturated carbocycles. The molecule has 0 fully saturated rings. The van der Waals surface area contributed by atoms with Crippen LogP contribution in [0, 0.1) is 0 Å². The Morgan fingerprint density at radius 3 is 2.14 bits per heavy atom. The van der Waals surface area contributed by atoms with Gasteiger partial charge in [0.1, 0.15) is 11.4 Å². The molecule has 28 heavy (non-hydrogen) atoms. The maximum Gasteiger partial charge on any atom is 0.340 e. The minimum absolute atomic E-state index is 0.358. The Morgan fingerprint density at radius 2 is 1.54 bits per heavy atom. The summed E-state index contributed by atoms with van der Waals surface area (Å²) >= 11 is 0. The second-order valence-electron chi connectivity index (χ2n) is 7.48. The molecule has 0 aromatic heterocycles. The number of carbonyl (C=O) groups excluding carboxylic acids is 1. The number of anilines is 2. The normalized spacial score (nSPS) is 11.0. The molecule has 0 spiro atoms. The van der Waals surface area contributed by atoms with E-state index in [4.69, 9.17) is 9.47 Å². The number of rotatable bonds is 5. The van der Waals surface area contributed by atoms with Crippen molar-refractivity contribution in [1.29, 1.82) is 0 Å². The molecule has 0 unspecified atom stereocenters. The fourth-order valence-electron chi connectivity index (χ4n) is 2.80. The third-order valence-electron chi connectivity index (χ3n) is 4.11. The SMILES string of the molecule is COc1ccc(Nc2cc(-c3ccccc3)ccc2C(=O)OC(C)(C)C)cc1. The summed E-state index contributed by atoms with van der Waals surface area (Å²) in [5.41, 5.74) is 3.58. The van der Waals surface area contributed by atoms with Gasteiger partial charge in [0.05, 0.1) is 18.4 Å². The van der Waals surface area contributed by atoms with Crippen LogP contribution in [0.5, 0.6) is 5.75 Å². The van der Waals surface area contributed by atoms with Gasteiger partial charge in [-0.15, -0.1) is 0 Å². The van der Waals surface area contributed by atoms with E-state index >= 15 is 0 Å². The van der Waals surface area contributed by atoms with Gasteiger partial charge in [0.2, 0.25) is 0 Å². The van der Waals surface area contributed by atoms with Crippen LogP contribution in [0.4, 0.5) is 11.4 Å². The molecule has 0 aliphatic rings. The first-order valence-electron chi connectivity index (χ1n) is 9.19. The molecule has 0 saturated heterocycles. The maximum atomic E-state index is 12.7. The van der Waals surface area contributed by atoms with E-state index in [1.54, 1.807) is 7.11 Å². The highest BCUT2D eigenvalue weighted by atomic mass is 16.6. The number of benzene rings is 3. The average Bonchev–Trinajstić information content (AvgIpc) is 2.68. The Bertz CT molecular complexity index is 942. The summed E-state index contributed by atoms with van der Waals surface area (Å²) in [4.78, 5) is 12.7. The zero-order valence-corrected chi connectivity index (χ0v) is 16.7. The molecule has 0 atom stereocenters. The lowest BCUT2D eigenvalue weighted by atomic mass is 10.0. The maximum absolute atomic E-state index is 12.7. The van der Waals surface area contributed by atoms with Gasteiger partial charge >= 0.3 is 5.97 Å². The summed E-state index contributed by atoms with van der Waals surface area (Å²) in [5, 5.41) is 3.34. The van der Waals surface area contributed by atoms with Gasteiger partial charge in [-0.25, -0.2) is 4.79 Å². The molecule has 0 aliphatic heterocycles. The zero-order chi connectivity index (χ0) is 20.1. The van der Waals surface area contributed by atoms with Crippen LogP contribution >= 0.6 is 0 Å². The minimum Gasteiger partial charge on any atom is -0.497 e. The standard InChI is InChI=1S/C24H25NO3/c1-24(2,3)28-23(26)21-15-10-18(17-8-6-5-7-9-17)16-22(21)25-19-11-13-20(27-4)14-12-19/h5-16,25H,1-4H3. The Morgan fingerprint density at radius 1 is 0.857 bits per heavy atom. The van der Waals surface area contributed by atoms with Gasteiger partial charge in [-0.3, -0.25) is 0 Å². The molecule has 3 rings (SSSR count). The lowest BCUT2D eigenvalue weighted by Crippen LogP contribution is -2.24. The van der Waals surface area contributed by atoms with E-state index in [2.05, 4.69) is 5.32 Å². The van der Waals surface area contributed by atoms with Crippen molar-refractivity contribution in [3.05, 3.63) is 78.4 Å². The van der Waals surface area contributed by atoms with Crippen LogP contribution in [0.1, 0.15) is 31.1 Å². The molecule has 0 radical (unpaired) electrons. The second kappa shape index (κ2) is 8.17. The molecule has 1 N–H and O–H groups in total. The van der Waals surface area contributed by atoms with Crippen LogP contribution in [0.2, 0.25) is 0 Å². The second-order valence-corrected chi connectivity index (χ2v) is 7.48. The van der Waals surface area contributed by atoms with E-state index in [0.717, 1.165) is 22.6 Å². The fraction of sp³-hybridized carbons (Fsp3) is 0.208. The van der Waals surface area contributed by atoms with Crippen molar-refractivity contribution in [3.8, 4) is 16.9 Å².